The van der Waals surface area contributed by atoms with E-state index in [0.29, 0.717) is 6.54 Å². The Bertz CT molecular complexity index is 348. The van der Waals surface area contributed by atoms with E-state index in [2.05, 4.69) is 4.90 Å². The van der Waals surface area contributed by atoms with Crippen LogP contribution in [0.4, 0.5) is 13.2 Å². The maximum Gasteiger partial charge on any atom is 0.406 e. The fourth-order valence-electron chi connectivity index (χ4n) is 2.89. The van der Waals surface area contributed by atoms with Gasteiger partial charge in [0.05, 0.1) is 0 Å². The zero-order valence-electron chi connectivity index (χ0n) is 10.2. The highest BCUT2D eigenvalue weighted by atomic mass is 19.4. The lowest BCUT2D eigenvalue weighted by Crippen LogP contribution is -2.48. The topological polar surface area (TPSA) is 43.8 Å². The zero-order valence-corrected chi connectivity index (χ0v) is 10.2. The molecule has 0 aromatic carbocycles. The van der Waals surface area contributed by atoms with Crippen LogP contribution in [0.15, 0.2) is 0 Å². The largest absolute Gasteiger partial charge is 0.481 e. The van der Waals surface area contributed by atoms with E-state index >= 15 is 0 Å². The lowest BCUT2D eigenvalue weighted by atomic mass is 9.86. The lowest BCUT2D eigenvalue weighted by molar-refractivity contribution is -0.227. The molecule has 0 radical (unpaired) electrons. The smallest absolute Gasteiger partial charge is 0.406 e. The summed E-state index contributed by atoms with van der Waals surface area (Å²) in [4.78, 5) is 14.8. The number of carbonyl (C=O) groups is 1. The predicted molar refractivity (Wildman–Crippen MR) is 58.2 cm³/mol. The van der Waals surface area contributed by atoms with Crippen LogP contribution in [0.5, 0.6) is 0 Å². The van der Waals surface area contributed by atoms with Gasteiger partial charge in [0, 0.05) is 25.7 Å². The first kappa shape index (κ1) is 13.6. The van der Waals surface area contributed by atoms with E-state index in [4.69, 9.17) is 5.11 Å². The summed E-state index contributed by atoms with van der Waals surface area (Å²) < 4.78 is 39.0. The Labute approximate surface area is 103 Å². The highest BCUT2D eigenvalue weighted by Crippen LogP contribution is 2.46. The summed E-state index contributed by atoms with van der Waals surface area (Å²) in [6, 6.07) is 0.0542. The summed E-state index contributed by atoms with van der Waals surface area (Å²) in [5.74, 6) is -1.75. The quantitative estimate of drug-likeness (QED) is 0.810. The highest BCUT2D eigenvalue weighted by Gasteiger charge is 2.64. The minimum absolute atomic E-state index is 0.0542. The van der Waals surface area contributed by atoms with E-state index in [1.165, 1.54) is 0 Å². The highest BCUT2D eigenvalue weighted by molar-refractivity contribution is 5.76. The van der Waals surface area contributed by atoms with E-state index < -0.39 is 24.1 Å². The second kappa shape index (κ2) is 4.38. The molecule has 4 nitrogen and oxygen atoms in total. The summed E-state index contributed by atoms with van der Waals surface area (Å²) in [6.07, 6.45) is -4.21. The molecule has 0 bridgehead atoms. The first-order valence-electron chi connectivity index (χ1n) is 5.99. The predicted octanol–water partition coefficient (Wildman–Crippen LogP) is 1.03. The van der Waals surface area contributed by atoms with Crippen LogP contribution in [0.25, 0.3) is 0 Å². The van der Waals surface area contributed by atoms with Crippen molar-refractivity contribution in [2.75, 3.05) is 33.2 Å². The molecule has 2 unspecified atom stereocenters. The van der Waals surface area contributed by atoms with Crippen molar-refractivity contribution in [2.24, 2.45) is 5.41 Å². The number of nitrogens with zero attached hydrogens (tertiary/aromatic N) is 2. The molecule has 0 aromatic heterocycles. The Hall–Kier alpha value is -0.820. The molecule has 104 valence electrons. The van der Waals surface area contributed by atoms with Gasteiger partial charge in [0.25, 0.3) is 0 Å². The SMILES string of the molecule is CN1CCC(N2CCC(C(=O)O)(C(F)(F)F)C2)C1. The maximum absolute atomic E-state index is 13.0. The van der Waals surface area contributed by atoms with Gasteiger partial charge < -0.3 is 10.0 Å². The number of likely N-dealkylation sites (N-methyl/N-ethyl adjacent to an activating group) is 1. The minimum atomic E-state index is -4.68. The third-order valence-corrected chi connectivity index (χ3v) is 4.13. The third kappa shape index (κ3) is 2.09. The number of likely N-dealkylation sites (tertiary alicyclic amines) is 2. The molecule has 0 aromatic rings. The zero-order chi connectivity index (χ0) is 13.6. The molecular weight excluding hydrogens is 249 g/mol. The number of rotatable bonds is 2. The number of carboxylic acids is 1. The van der Waals surface area contributed by atoms with Gasteiger partial charge >= 0.3 is 12.1 Å². The molecule has 2 atom stereocenters. The molecule has 0 saturated carbocycles. The number of halogens is 3. The second-order valence-electron chi connectivity index (χ2n) is 5.31. The molecule has 0 spiro atoms. The van der Waals surface area contributed by atoms with Crippen LogP contribution in [0.2, 0.25) is 0 Å². The summed E-state index contributed by atoms with van der Waals surface area (Å²) in [5.41, 5.74) is -2.58. The average molecular weight is 266 g/mol. The molecule has 7 heteroatoms. The molecule has 0 aliphatic carbocycles. The third-order valence-electron chi connectivity index (χ3n) is 4.13. The molecule has 2 aliphatic heterocycles. The van der Waals surface area contributed by atoms with Crippen molar-refractivity contribution in [3.05, 3.63) is 0 Å². The van der Waals surface area contributed by atoms with E-state index in [0.717, 1.165) is 13.0 Å². The van der Waals surface area contributed by atoms with Crippen LogP contribution in [-0.4, -0.2) is 66.3 Å². The van der Waals surface area contributed by atoms with Gasteiger partial charge in [-0.15, -0.1) is 0 Å². The summed E-state index contributed by atoms with van der Waals surface area (Å²) in [7, 11) is 1.92. The Balaban J connectivity index is 2.12. The van der Waals surface area contributed by atoms with Crippen molar-refractivity contribution in [1.82, 2.24) is 9.80 Å². The van der Waals surface area contributed by atoms with E-state index in [1.807, 2.05) is 7.05 Å². The number of aliphatic carboxylic acids is 1. The molecule has 2 saturated heterocycles. The second-order valence-corrected chi connectivity index (χ2v) is 5.31. The van der Waals surface area contributed by atoms with Crippen molar-refractivity contribution < 1.29 is 23.1 Å². The Morgan fingerprint density at radius 3 is 2.44 bits per heavy atom. The summed E-state index contributed by atoms with van der Waals surface area (Å²) >= 11 is 0. The summed E-state index contributed by atoms with van der Waals surface area (Å²) in [6.45, 7) is 1.37. The van der Waals surface area contributed by atoms with Gasteiger partial charge in [-0.3, -0.25) is 9.69 Å². The Kier molecular flexibility index (Phi) is 3.31. The fraction of sp³-hybridized carbons (Fsp3) is 0.909. The standard InChI is InChI=1S/C11H17F3N2O2/c1-15-4-2-8(6-15)16-5-3-10(7-16,9(17)18)11(12,13)14/h8H,2-7H2,1H3,(H,17,18). The van der Waals surface area contributed by atoms with Crippen LogP contribution in [0.1, 0.15) is 12.8 Å². The van der Waals surface area contributed by atoms with Gasteiger partial charge in [0.1, 0.15) is 0 Å². The molecule has 2 aliphatic rings. The first-order chi connectivity index (χ1) is 8.26. The van der Waals surface area contributed by atoms with Gasteiger partial charge in [-0.1, -0.05) is 0 Å². The van der Waals surface area contributed by atoms with E-state index in [9.17, 15) is 18.0 Å². The lowest BCUT2D eigenvalue weighted by Gasteiger charge is -2.29. The molecule has 18 heavy (non-hydrogen) atoms. The van der Waals surface area contributed by atoms with E-state index in [1.54, 1.807) is 4.90 Å². The van der Waals surface area contributed by atoms with Crippen molar-refractivity contribution >= 4 is 5.97 Å². The number of hydrogen-bond donors (Lipinski definition) is 1. The van der Waals surface area contributed by atoms with E-state index in [-0.39, 0.29) is 19.0 Å². The van der Waals surface area contributed by atoms with Gasteiger partial charge in [-0.25, -0.2) is 0 Å². The van der Waals surface area contributed by atoms with Gasteiger partial charge in [0.2, 0.25) is 0 Å². The minimum Gasteiger partial charge on any atom is -0.481 e. The monoisotopic (exact) mass is 266 g/mol. The molecular formula is C11H17F3N2O2. The maximum atomic E-state index is 13.0. The fourth-order valence-corrected chi connectivity index (χ4v) is 2.89. The van der Waals surface area contributed by atoms with Crippen LogP contribution in [0, 0.1) is 5.41 Å². The van der Waals surface area contributed by atoms with Crippen molar-refractivity contribution in [2.45, 2.75) is 25.1 Å². The number of alkyl halides is 3. The van der Waals surface area contributed by atoms with Crippen LogP contribution < -0.4 is 0 Å². The molecule has 2 fully saturated rings. The molecule has 1 N–H and O–H groups in total. The van der Waals surface area contributed by atoms with Crippen LogP contribution in [-0.2, 0) is 4.79 Å². The number of hydrogen-bond acceptors (Lipinski definition) is 3. The van der Waals surface area contributed by atoms with Crippen molar-refractivity contribution in [3.8, 4) is 0 Å². The van der Waals surface area contributed by atoms with Crippen LogP contribution in [0.3, 0.4) is 0 Å². The van der Waals surface area contributed by atoms with Gasteiger partial charge in [-0.05, 0) is 26.4 Å². The van der Waals surface area contributed by atoms with Gasteiger partial charge in [0.15, 0.2) is 5.41 Å². The number of carboxylic acid groups (broad SMARTS) is 1. The molecule has 2 rings (SSSR count). The first-order valence-corrected chi connectivity index (χ1v) is 5.99. The van der Waals surface area contributed by atoms with Crippen LogP contribution >= 0.6 is 0 Å². The van der Waals surface area contributed by atoms with Crippen molar-refractivity contribution in [3.63, 3.8) is 0 Å². The summed E-state index contributed by atoms with van der Waals surface area (Å²) in [5, 5.41) is 8.95. The average Bonchev–Trinajstić information content (AvgIpc) is 2.82. The Morgan fingerprint density at radius 2 is 2.06 bits per heavy atom. The normalized spacial score (nSPS) is 35.2. The Morgan fingerprint density at radius 1 is 1.39 bits per heavy atom. The molecule has 0 amide bonds. The molecule has 2 heterocycles. The van der Waals surface area contributed by atoms with Crippen molar-refractivity contribution in [1.29, 1.82) is 0 Å². The van der Waals surface area contributed by atoms with Gasteiger partial charge in [-0.2, -0.15) is 13.2 Å².